The van der Waals surface area contributed by atoms with Crippen molar-refractivity contribution in [1.29, 1.82) is 0 Å². The Morgan fingerprint density at radius 1 is 1.22 bits per heavy atom. The number of carbonyl (C=O) groups excluding carboxylic acids is 1. The molecule has 0 atom stereocenters. The molecule has 6 heteroatoms. The van der Waals surface area contributed by atoms with E-state index < -0.39 is 15.4 Å². The van der Waals surface area contributed by atoms with E-state index >= 15 is 0 Å². The van der Waals surface area contributed by atoms with Gasteiger partial charge in [0, 0.05) is 12.7 Å². The first-order chi connectivity index (χ1) is 8.28. The Morgan fingerprint density at radius 2 is 1.78 bits per heavy atom. The summed E-state index contributed by atoms with van der Waals surface area (Å²) in [5.41, 5.74) is 0.396. The van der Waals surface area contributed by atoms with Gasteiger partial charge in [-0.15, -0.1) is 0 Å². The Balaban J connectivity index is 2.46. The minimum absolute atomic E-state index is 0.146. The number of anilines is 2. The van der Waals surface area contributed by atoms with Crippen molar-refractivity contribution in [3.05, 3.63) is 24.3 Å². The molecule has 0 saturated carbocycles. The zero-order chi connectivity index (χ0) is 13.6. The first kappa shape index (κ1) is 12.9. The third-order valence-electron chi connectivity index (χ3n) is 2.98. The molecule has 0 aromatic heterocycles. The van der Waals surface area contributed by atoms with Crippen LogP contribution in [-0.2, 0) is 14.8 Å². The summed E-state index contributed by atoms with van der Waals surface area (Å²) in [6.07, 6.45) is 0. The lowest BCUT2D eigenvalue weighted by Crippen LogP contribution is -2.32. The van der Waals surface area contributed by atoms with Crippen LogP contribution in [0.25, 0.3) is 0 Å². The van der Waals surface area contributed by atoms with Gasteiger partial charge in [0.05, 0.1) is 16.9 Å². The number of sulfonamides is 1. The molecule has 1 saturated heterocycles. The van der Waals surface area contributed by atoms with Gasteiger partial charge in [-0.25, -0.2) is 12.7 Å². The van der Waals surface area contributed by atoms with Gasteiger partial charge in [0.2, 0.25) is 15.9 Å². The second kappa shape index (κ2) is 3.98. The van der Waals surface area contributed by atoms with Crippen LogP contribution in [0.4, 0.5) is 11.4 Å². The number of carbonyl (C=O) groups is 1. The van der Waals surface area contributed by atoms with Crippen LogP contribution in [0.3, 0.4) is 0 Å². The number of hydrogen-bond donors (Lipinski definition) is 1. The monoisotopic (exact) mass is 268 g/mol. The summed E-state index contributed by atoms with van der Waals surface area (Å²) < 4.78 is 25.0. The summed E-state index contributed by atoms with van der Waals surface area (Å²) in [4.78, 5) is 12.1. The summed E-state index contributed by atoms with van der Waals surface area (Å²) in [6.45, 7) is 3.30. The third-order valence-corrected chi connectivity index (χ3v) is 4.99. The topological polar surface area (TPSA) is 66.5 Å². The minimum atomic E-state index is -3.55. The number of amides is 1. The van der Waals surface area contributed by atoms with Crippen molar-refractivity contribution in [3.8, 4) is 0 Å². The van der Waals surface area contributed by atoms with Gasteiger partial charge in [-0.3, -0.25) is 4.79 Å². The molecule has 5 nitrogen and oxygen atoms in total. The van der Waals surface area contributed by atoms with E-state index in [1.165, 1.54) is 0 Å². The van der Waals surface area contributed by atoms with E-state index in [0.29, 0.717) is 5.69 Å². The molecule has 1 amide bonds. The molecule has 2 rings (SSSR count). The number of rotatable bonds is 2. The van der Waals surface area contributed by atoms with Crippen LogP contribution in [0.5, 0.6) is 0 Å². The number of hydrogen-bond acceptors (Lipinski definition) is 4. The molecule has 0 radical (unpaired) electrons. The molecule has 1 fully saturated rings. The summed E-state index contributed by atoms with van der Waals surface area (Å²) >= 11 is 0. The SMILES string of the molecule is CNc1ccc(N2C(=O)C(C)(C)CS2(=O)=O)cc1. The van der Waals surface area contributed by atoms with Crippen molar-refractivity contribution >= 4 is 27.3 Å². The predicted molar refractivity (Wildman–Crippen MR) is 71.0 cm³/mol. The highest BCUT2D eigenvalue weighted by atomic mass is 32.2. The average Bonchev–Trinajstić information content (AvgIpc) is 2.44. The van der Waals surface area contributed by atoms with Gasteiger partial charge in [-0.2, -0.15) is 0 Å². The number of benzene rings is 1. The Morgan fingerprint density at radius 3 is 2.17 bits per heavy atom. The molecule has 1 heterocycles. The molecule has 0 unspecified atom stereocenters. The fourth-order valence-electron chi connectivity index (χ4n) is 2.02. The van der Waals surface area contributed by atoms with Crippen LogP contribution in [0.1, 0.15) is 13.8 Å². The Bertz CT molecular complexity index is 576. The van der Waals surface area contributed by atoms with Gasteiger partial charge in [0.15, 0.2) is 0 Å². The highest BCUT2D eigenvalue weighted by molar-refractivity contribution is 7.94. The summed E-state index contributed by atoms with van der Waals surface area (Å²) in [5, 5.41) is 2.94. The van der Waals surface area contributed by atoms with Crippen molar-refractivity contribution < 1.29 is 13.2 Å². The summed E-state index contributed by atoms with van der Waals surface area (Å²) in [6, 6.07) is 6.73. The molecule has 18 heavy (non-hydrogen) atoms. The fourth-order valence-corrected chi connectivity index (χ4v) is 4.13. The van der Waals surface area contributed by atoms with E-state index in [1.54, 1.807) is 45.2 Å². The van der Waals surface area contributed by atoms with E-state index in [-0.39, 0.29) is 11.7 Å². The van der Waals surface area contributed by atoms with Crippen molar-refractivity contribution in [1.82, 2.24) is 0 Å². The van der Waals surface area contributed by atoms with Gasteiger partial charge in [-0.05, 0) is 38.1 Å². The molecule has 0 aliphatic carbocycles. The minimum Gasteiger partial charge on any atom is -0.388 e. The van der Waals surface area contributed by atoms with Gasteiger partial charge in [-0.1, -0.05) is 0 Å². The van der Waals surface area contributed by atoms with Crippen molar-refractivity contribution in [2.45, 2.75) is 13.8 Å². The van der Waals surface area contributed by atoms with E-state index in [4.69, 9.17) is 0 Å². The van der Waals surface area contributed by atoms with Gasteiger partial charge in [0.25, 0.3) is 0 Å². The molecule has 98 valence electrons. The molecular formula is C12H16N2O3S. The van der Waals surface area contributed by atoms with Crippen LogP contribution in [0.2, 0.25) is 0 Å². The smallest absolute Gasteiger partial charge is 0.247 e. The number of nitrogens with one attached hydrogen (secondary N) is 1. The van der Waals surface area contributed by atoms with Crippen LogP contribution in [0.15, 0.2) is 24.3 Å². The van der Waals surface area contributed by atoms with Crippen LogP contribution >= 0.6 is 0 Å². The third kappa shape index (κ3) is 1.96. The highest BCUT2D eigenvalue weighted by Gasteiger charge is 2.49. The van der Waals surface area contributed by atoms with E-state index in [1.807, 2.05) is 0 Å². The molecule has 0 bridgehead atoms. The Kier molecular flexibility index (Phi) is 2.85. The normalized spacial score (nSPS) is 21.1. The Hall–Kier alpha value is -1.56. The van der Waals surface area contributed by atoms with Crippen LogP contribution in [0, 0.1) is 5.41 Å². The molecule has 1 aromatic carbocycles. The molecular weight excluding hydrogens is 252 g/mol. The highest BCUT2D eigenvalue weighted by Crippen LogP contribution is 2.35. The number of nitrogens with zero attached hydrogens (tertiary/aromatic N) is 1. The van der Waals surface area contributed by atoms with E-state index in [0.717, 1.165) is 9.99 Å². The van der Waals surface area contributed by atoms with Gasteiger partial charge in [0.1, 0.15) is 0 Å². The second-order valence-electron chi connectivity index (χ2n) is 5.01. The average molecular weight is 268 g/mol. The lowest BCUT2D eigenvalue weighted by molar-refractivity contribution is -0.123. The van der Waals surface area contributed by atoms with Gasteiger partial charge >= 0.3 is 0 Å². The zero-order valence-electron chi connectivity index (χ0n) is 10.6. The lowest BCUT2D eigenvalue weighted by atomic mass is 9.95. The first-order valence-corrected chi connectivity index (χ1v) is 7.24. The lowest BCUT2D eigenvalue weighted by Gasteiger charge is -2.17. The van der Waals surface area contributed by atoms with Crippen LogP contribution in [-0.4, -0.2) is 27.1 Å². The maximum Gasteiger partial charge on any atom is 0.247 e. The first-order valence-electron chi connectivity index (χ1n) is 5.63. The van der Waals surface area contributed by atoms with Crippen LogP contribution < -0.4 is 9.62 Å². The molecule has 1 aliphatic heterocycles. The van der Waals surface area contributed by atoms with E-state index in [2.05, 4.69) is 5.32 Å². The molecule has 1 N–H and O–H groups in total. The molecule has 1 aromatic rings. The summed E-state index contributed by atoms with van der Waals surface area (Å²) in [5.74, 6) is -0.521. The quantitative estimate of drug-likeness (QED) is 0.881. The maximum absolute atomic E-state index is 12.1. The predicted octanol–water partition coefficient (Wildman–Crippen LogP) is 1.43. The largest absolute Gasteiger partial charge is 0.388 e. The summed E-state index contributed by atoms with van der Waals surface area (Å²) in [7, 11) is -1.78. The van der Waals surface area contributed by atoms with Crippen molar-refractivity contribution in [2.24, 2.45) is 5.41 Å². The molecule has 0 spiro atoms. The second-order valence-corrected chi connectivity index (χ2v) is 6.82. The maximum atomic E-state index is 12.1. The Labute approximate surface area is 107 Å². The van der Waals surface area contributed by atoms with Gasteiger partial charge < -0.3 is 5.32 Å². The standard InChI is InChI=1S/C12H16N2O3S/c1-12(2)8-18(16,17)14(11(12)15)10-6-4-9(13-3)5-7-10/h4-7,13H,8H2,1-3H3. The molecule has 1 aliphatic rings. The van der Waals surface area contributed by atoms with Crippen molar-refractivity contribution in [2.75, 3.05) is 22.4 Å². The fraction of sp³-hybridized carbons (Fsp3) is 0.417. The zero-order valence-corrected chi connectivity index (χ0v) is 11.4. The van der Waals surface area contributed by atoms with E-state index in [9.17, 15) is 13.2 Å². The van der Waals surface area contributed by atoms with Crippen molar-refractivity contribution in [3.63, 3.8) is 0 Å².